The molecule has 1 fully saturated rings. The minimum Gasteiger partial charge on any atom is -0.370 e. The first-order valence-electron chi connectivity index (χ1n) is 7.35. The van der Waals surface area contributed by atoms with Crippen LogP contribution in [0.5, 0.6) is 0 Å². The van der Waals surface area contributed by atoms with Crippen molar-refractivity contribution in [2.24, 2.45) is 0 Å². The maximum Gasteiger partial charge on any atom is 0.222 e. The van der Waals surface area contributed by atoms with Crippen LogP contribution in [0.4, 0.5) is 4.39 Å². The number of ether oxygens (including phenoxy) is 1. The van der Waals surface area contributed by atoms with Gasteiger partial charge in [-0.25, -0.2) is 4.39 Å². The van der Waals surface area contributed by atoms with Crippen LogP contribution < -0.4 is 0 Å². The number of unbranched alkanes of at least 4 members (excludes halogenated alkanes) is 2. The predicted molar refractivity (Wildman–Crippen MR) is 75.8 cm³/mol. The summed E-state index contributed by atoms with van der Waals surface area (Å²) in [6.45, 7) is 3.89. The van der Waals surface area contributed by atoms with Crippen LogP contribution in [0.2, 0.25) is 0 Å². The van der Waals surface area contributed by atoms with Crippen LogP contribution in [-0.4, -0.2) is 30.5 Å². The summed E-state index contributed by atoms with van der Waals surface area (Å²) in [7, 11) is 0. The summed E-state index contributed by atoms with van der Waals surface area (Å²) in [5.41, 5.74) is 0.928. The molecule has 2 rings (SSSR count). The molecular formula is C16H22FNO2. The topological polar surface area (TPSA) is 29.5 Å². The Morgan fingerprint density at radius 2 is 2.10 bits per heavy atom. The molecule has 4 heteroatoms. The van der Waals surface area contributed by atoms with Crippen molar-refractivity contribution >= 4 is 5.91 Å². The van der Waals surface area contributed by atoms with Gasteiger partial charge in [0.05, 0.1) is 13.2 Å². The van der Waals surface area contributed by atoms with Gasteiger partial charge in [-0.3, -0.25) is 4.79 Å². The third kappa shape index (κ3) is 4.04. The lowest BCUT2D eigenvalue weighted by atomic mass is 10.1. The number of rotatable bonds is 5. The van der Waals surface area contributed by atoms with E-state index in [0.29, 0.717) is 26.1 Å². The Labute approximate surface area is 119 Å². The fourth-order valence-electron chi connectivity index (χ4n) is 2.44. The zero-order valence-corrected chi connectivity index (χ0v) is 12.0. The molecule has 0 N–H and O–H groups in total. The zero-order valence-electron chi connectivity index (χ0n) is 12.0. The molecule has 3 nitrogen and oxygen atoms in total. The monoisotopic (exact) mass is 279 g/mol. The summed E-state index contributed by atoms with van der Waals surface area (Å²) in [5, 5.41) is 0. The van der Waals surface area contributed by atoms with Crippen molar-refractivity contribution in [3.05, 3.63) is 35.6 Å². The SMILES string of the molecule is CCCCCC(=O)N1CCOC(c2ccc(F)cc2)C1. The Balaban J connectivity index is 1.91. The maximum absolute atomic E-state index is 12.9. The van der Waals surface area contributed by atoms with Gasteiger partial charge in [-0.2, -0.15) is 0 Å². The van der Waals surface area contributed by atoms with Gasteiger partial charge in [-0.05, 0) is 24.1 Å². The van der Waals surface area contributed by atoms with E-state index in [1.165, 1.54) is 12.1 Å². The van der Waals surface area contributed by atoms with Gasteiger partial charge < -0.3 is 9.64 Å². The van der Waals surface area contributed by atoms with Crippen LogP contribution in [0.25, 0.3) is 0 Å². The first-order chi connectivity index (χ1) is 9.70. The Hall–Kier alpha value is -1.42. The second-order valence-electron chi connectivity index (χ2n) is 5.21. The van der Waals surface area contributed by atoms with Gasteiger partial charge >= 0.3 is 0 Å². The molecule has 0 radical (unpaired) electrons. The summed E-state index contributed by atoms with van der Waals surface area (Å²) in [6.07, 6.45) is 3.64. The smallest absolute Gasteiger partial charge is 0.222 e. The number of benzene rings is 1. The third-order valence-electron chi connectivity index (χ3n) is 3.66. The minimum absolute atomic E-state index is 0.139. The minimum atomic E-state index is -0.253. The molecule has 0 saturated carbocycles. The van der Waals surface area contributed by atoms with E-state index < -0.39 is 0 Å². The lowest BCUT2D eigenvalue weighted by Crippen LogP contribution is -2.42. The molecule has 20 heavy (non-hydrogen) atoms. The third-order valence-corrected chi connectivity index (χ3v) is 3.66. The Morgan fingerprint density at radius 1 is 1.35 bits per heavy atom. The molecule has 0 aromatic heterocycles. The summed E-state index contributed by atoms with van der Waals surface area (Å²) >= 11 is 0. The molecule has 1 atom stereocenters. The summed E-state index contributed by atoms with van der Waals surface area (Å²) < 4.78 is 18.6. The molecule has 0 bridgehead atoms. The molecular weight excluding hydrogens is 257 g/mol. The molecule has 110 valence electrons. The summed E-state index contributed by atoms with van der Waals surface area (Å²) in [6, 6.07) is 6.32. The average molecular weight is 279 g/mol. The Kier molecular flexibility index (Phi) is 5.53. The van der Waals surface area contributed by atoms with Crippen LogP contribution in [-0.2, 0) is 9.53 Å². The van der Waals surface area contributed by atoms with Crippen molar-refractivity contribution < 1.29 is 13.9 Å². The van der Waals surface area contributed by atoms with Crippen LogP contribution in [0.3, 0.4) is 0 Å². The first-order valence-corrected chi connectivity index (χ1v) is 7.35. The number of morpholine rings is 1. The van der Waals surface area contributed by atoms with E-state index in [2.05, 4.69) is 6.92 Å². The first kappa shape index (κ1) is 15.0. The van der Waals surface area contributed by atoms with Gasteiger partial charge in [0.25, 0.3) is 0 Å². The number of hydrogen-bond donors (Lipinski definition) is 0. The van der Waals surface area contributed by atoms with Crippen molar-refractivity contribution in [2.45, 2.75) is 38.7 Å². The fraction of sp³-hybridized carbons (Fsp3) is 0.562. The van der Waals surface area contributed by atoms with E-state index in [1.807, 2.05) is 4.90 Å². The second kappa shape index (κ2) is 7.39. The number of carbonyl (C=O) groups is 1. The molecule has 1 amide bonds. The van der Waals surface area contributed by atoms with Crippen LogP contribution >= 0.6 is 0 Å². The molecule has 1 aromatic rings. The normalized spacial score (nSPS) is 19.1. The molecule has 1 saturated heterocycles. The van der Waals surface area contributed by atoms with Gasteiger partial charge in [-0.15, -0.1) is 0 Å². The van der Waals surface area contributed by atoms with Gasteiger partial charge in [0.2, 0.25) is 5.91 Å². The largest absolute Gasteiger partial charge is 0.370 e. The van der Waals surface area contributed by atoms with Gasteiger partial charge in [-0.1, -0.05) is 31.9 Å². The number of nitrogens with zero attached hydrogens (tertiary/aromatic N) is 1. The van der Waals surface area contributed by atoms with Crippen molar-refractivity contribution in [2.75, 3.05) is 19.7 Å². The summed E-state index contributed by atoms with van der Waals surface area (Å²) in [4.78, 5) is 14.0. The van der Waals surface area contributed by atoms with Gasteiger partial charge in [0, 0.05) is 13.0 Å². The molecule has 1 aromatic carbocycles. The quantitative estimate of drug-likeness (QED) is 0.774. The Bertz CT molecular complexity index is 433. The molecule has 0 spiro atoms. The molecule has 1 unspecified atom stereocenters. The number of amides is 1. The second-order valence-corrected chi connectivity index (χ2v) is 5.21. The van der Waals surface area contributed by atoms with Crippen LogP contribution in [0.1, 0.15) is 44.3 Å². The molecule has 1 aliphatic heterocycles. The van der Waals surface area contributed by atoms with E-state index in [9.17, 15) is 9.18 Å². The fourth-order valence-corrected chi connectivity index (χ4v) is 2.44. The highest BCUT2D eigenvalue weighted by Crippen LogP contribution is 2.23. The van der Waals surface area contributed by atoms with E-state index in [0.717, 1.165) is 24.8 Å². The summed E-state index contributed by atoms with van der Waals surface area (Å²) in [5.74, 6) is -0.0501. The number of halogens is 1. The molecule has 0 aliphatic carbocycles. The van der Waals surface area contributed by atoms with Crippen LogP contribution in [0, 0.1) is 5.82 Å². The number of carbonyl (C=O) groups excluding carboxylic acids is 1. The van der Waals surface area contributed by atoms with Crippen molar-refractivity contribution in [1.29, 1.82) is 0 Å². The molecule has 1 heterocycles. The average Bonchev–Trinajstić information content (AvgIpc) is 2.48. The standard InChI is InChI=1S/C16H22FNO2/c1-2-3-4-5-16(19)18-10-11-20-15(12-18)13-6-8-14(17)9-7-13/h6-9,15H,2-5,10-12H2,1H3. The van der Waals surface area contributed by atoms with E-state index in [4.69, 9.17) is 4.74 Å². The number of hydrogen-bond acceptors (Lipinski definition) is 2. The lowest BCUT2D eigenvalue weighted by molar-refractivity contribution is -0.139. The van der Waals surface area contributed by atoms with Crippen molar-refractivity contribution in [3.63, 3.8) is 0 Å². The highest BCUT2D eigenvalue weighted by atomic mass is 19.1. The van der Waals surface area contributed by atoms with E-state index in [1.54, 1.807) is 12.1 Å². The predicted octanol–water partition coefficient (Wildman–Crippen LogP) is 3.31. The molecule has 1 aliphatic rings. The lowest BCUT2D eigenvalue weighted by Gasteiger charge is -2.33. The zero-order chi connectivity index (χ0) is 14.4. The van der Waals surface area contributed by atoms with Gasteiger partial charge in [0.15, 0.2) is 0 Å². The Morgan fingerprint density at radius 3 is 2.80 bits per heavy atom. The van der Waals surface area contributed by atoms with Crippen LogP contribution in [0.15, 0.2) is 24.3 Å². The maximum atomic E-state index is 12.9. The van der Waals surface area contributed by atoms with Gasteiger partial charge in [0.1, 0.15) is 11.9 Å². The highest BCUT2D eigenvalue weighted by molar-refractivity contribution is 5.76. The van der Waals surface area contributed by atoms with Crippen molar-refractivity contribution in [1.82, 2.24) is 4.90 Å². The van der Waals surface area contributed by atoms with Crippen molar-refractivity contribution in [3.8, 4) is 0 Å². The van der Waals surface area contributed by atoms with E-state index in [-0.39, 0.29) is 17.8 Å². The highest BCUT2D eigenvalue weighted by Gasteiger charge is 2.24. The van der Waals surface area contributed by atoms with E-state index >= 15 is 0 Å².